The van der Waals surface area contributed by atoms with E-state index in [-0.39, 0.29) is 51.8 Å². The fraction of sp³-hybridized carbons (Fsp3) is 0.219. The van der Waals surface area contributed by atoms with E-state index in [0.717, 1.165) is 4.31 Å². The molecule has 2 unspecified atom stereocenters. The van der Waals surface area contributed by atoms with Crippen LogP contribution in [0.25, 0.3) is 16.6 Å². The molecule has 2 atom stereocenters. The number of benzene rings is 3. The largest absolute Gasteiger partial charge is 0.497 e. The van der Waals surface area contributed by atoms with Crippen molar-refractivity contribution in [1.82, 2.24) is 9.72 Å². The molecule has 0 saturated heterocycles. The van der Waals surface area contributed by atoms with Crippen LogP contribution in [0.5, 0.6) is 11.5 Å². The fourth-order valence-corrected chi connectivity index (χ4v) is 6.94. The van der Waals surface area contributed by atoms with Crippen LogP contribution in [0.2, 0.25) is 0 Å². The van der Waals surface area contributed by atoms with Crippen molar-refractivity contribution in [2.75, 3.05) is 18.5 Å². The van der Waals surface area contributed by atoms with Gasteiger partial charge in [0, 0.05) is 17.5 Å². The first-order valence-corrected chi connectivity index (χ1v) is 15.3. The quantitative estimate of drug-likeness (QED) is 0.192. The van der Waals surface area contributed by atoms with Crippen molar-refractivity contribution < 1.29 is 35.6 Å². The van der Waals surface area contributed by atoms with Gasteiger partial charge in [-0.25, -0.2) is 12.7 Å². The first-order valence-electron chi connectivity index (χ1n) is 13.9. The topological polar surface area (TPSA) is 128 Å². The van der Waals surface area contributed by atoms with Gasteiger partial charge in [-0.05, 0) is 72.0 Å². The number of aromatic nitrogens is 2. The molecule has 2 heterocycles. The van der Waals surface area contributed by atoms with Gasteiger partial charge in [-0.3, -0.25) is 9.36 Å². The maximum atomic E-state index is 14.0. The molecule has 1 fully saturated rings. The second-order valence-corrected chi connectivity index (χ2v) is 12.5. The Hall–Kier alpha value is -5.29. The minimum atomic E-state index is -4.40. The lowest BCUT2D eigenvalue weighted by atomic mass is 10.0. The molecule has 5 aromatic rings. The van der Waals surface area contributed by atoms with E-state index in [1.165, 1.54) is 73.6 Å². The van der Waals surface area contributed by atoms with Crippen molar-refractivity contribution in [3.05, 3.63) is 106 Å². The van der Waals surface area contributed by atoms with Crippen LogP contribution in [-0.4, -0.2) is 38.5 Å². The molecule has 6 rings (SSSR count). The first kappa shape index (κ1) is 30.7. The number of hydrogen-bond donors (Lipinski definition) is 0. The molecule has 0 radical (unpaired) electrons. The molecule has 46 heavy (non-hydrogen) atoms. The number of fused-ring (bicyclic) bond motifs is 1. The van der Waals surface area contributed by atoms with Crippen LogP contribution in [0.3, 0.4) is 0 Å². The number of nitrogens with zero attached hydrogens (tertiary/aromatic N) is 4. The SMILES string of the molecule is COc1ccc(CN(c2ccon2)S(=O)(=O)c2ccc3c(ccc(=O)n3-c3cc(C#N)c(C4CC4C(F)(F)F)cc3OC)c2)cc1. The van der Waals surface area contributed by atoms with Crippen molar-refractivity contribution in [1.29, 1.82) is 5.26 Å². The van der Waals surface area contributed by atoms with Crippen molar-refractivity contribution >= 4 is 26.7 Å². The Morgan fingerprint density at radius 1 is 1.04 bits per heavy atom. The lowest BCUT2D eigenvalue weighted by Gasteiger charge is -2.22. The molecule has 10 nitrogen and oxygen atoms in total. The zero-order valence-electron chi connectivity index (χ0n) is 24.4. The molecule has 0 N–H and O–H groups in total. The van der Waals surface area contributed by atoms with Crippen molar-refractivity contribution in [2.24, 2.45) is 5.92 Å². The average Bonchev–Trinajstić information content (AvgIpc) is 3.69. The van der Waals surface area contributed by atoms with Gasteiger partial charge in [0.1, 0.15) is 17.8 Å². The smallest absolute Gasteiger partial charge is 0.392 e. The highest BCUT2D eigenvalue weighted by Crippen LogP contribution is 2.57. The Kier molecular flexibility index (Phi) is 7.73. The minimum absolute atomic E-state index is 0.0163. The number of alkyl halides is 3. The third-order valence-electron chi connectivity index (χ3n) is 7.94. The number of methoxy groups -OCH3 is 2. The van der Waals surface area contributed by atoms with E-state index in [1.54, 1.807) is 24.3 Å². The molecule has 3 aromatic carbocycles. The number of pyridine rings is 1. The molecule has 0 spiro atoms. The number of sulfonamides is 1. The Morgan fingerprint density at radius 2 is 1.80 bits per heavy atom. The van der Waals surface area contributed by atoms with E-state index in [2.05, 4.69) is 5.16 Å². The molecule has 236 valence electrons. The summed E-state index contributed by atoms with van der Waals surface area (Å²) >= 11 is 0. The average molecular weight is 651 g/mol. The summed E-state index contributed by atoms with van der Waals surface area (Å²) in [6.45, 7) is -0.0763. The summed E-state index contributed by atoms with van der Waals surface area (Å²) in [6, 6.07) is 19.8. The van der Waals surface area contributed by atoms with Gasteiger partial charge in [0.15, 0.2) is 5.82 Å². The highest BCUT2D eigenvalue weighted by molar-refractivity contribution is 7.92. The number of nitriles is 1. The van der Waals surface area contributed by atoms with Gasteiger partial charge in [0.2, 0.25) is 0 Å². The predicted molar refractivity (Wildman–Crippen MR) is 161 cm³/mol. The van der Waals surface area contributed by atoms with Crippen LogP contribution < -0.4 is 19.3 Å². The molecular formula is C32H25F3N4O6S. The van der Waals surface area contributed by atoms with Gasteiger partial charge < -0.3 is 14.0 Å². The van der Waals surface area contributed by atoms with Crippen molar-refractivity contribution in [3.63, 3.8) is 0 Å². The Balaban J connectivity index is 1.43. The minimum Gasteiger partial charge on any atom is -0.497 e. The van der Waals surface area contributed by atoms with Crippen LogP contribution in [-0.2, 0) is 16.6 Å². The lowest BCUT2D eigenvalue weighted by Crippen LogP contribution is -2.31. The number of ether oxygens (including phenoxy) is 2. The van der Waals surface area contributed by atoms with E-state index in [9.17, 15) is 31.6 Å². The highest BCUT2D eigenvalue weighted by Gasteiger charge is 2.56. The molecule has 0 amide bonds. The zero-order valence-corrected chi connectivity index (χ0v) is 25.2. The standard InChI is InChI=1S/C32H25F3N4O6S/c1-43-22-6-3-19(4-7-22)18-38(30-11-12-45-37-30)46(41,42)23-8-9-27-20(13-23)5-10-31(40)39(27)28-14-21(17-36)24(16-29(28)44-2)25-15-26(25)32(33,34)35/h3-14,16,25-26H,15,18H2,1-2H3. The van der Waals surface area contributed by atoms with E-state index in [1.807, 2.05) is 6.07 Å². The van der Waals surface area contributed by atoms with Gasteiger partial charge in [-0.15, -0.1) is 0 Å². The molecule has 1 aliphatic carbocycles. The van der Waals surface area contributed by atoms with E-state index in [0.29, 0.717) is 16.7 Å². The second kappa shape index (κ2) is 11.6. The third kappa shape index (κ3) is 5.54. The third-order valence-corrected chi connectivity index (χ3v) is 9.69. The fourth-order valence-electron chi connectivity index (χ4n) is 5.51. The van der Waals surface area contributed by atoms with Crippen LogP contribution in [0.15, 0.2) is 93.3 Å². The number of halogens is 3. The summed E-state index contributed by atoms with van der Waals surface area (Å²) in [5.41, 5.74) is 0.709. The Bertz CT molecular complexity index is 2140. The highest BCUT2D eigenvalue weighted by atomic mass is 32.2. The lowest BCUT2D eigenvalue weighted by molar-refractivity contribution is -0.148. The Morgan fingerprint density at radius 3 is 2.41 bits per heavy atom. The maximum absolute atomic E-state index is 14.0. The van der Waals surface area contributed by atoms with Crippen LogP contribution in [0.4, 0.5) is 19.0 Å². The van der Waals surface area contributed by atoms with Crippen LogP contribution >= 0.6 is 0 Å². The maximum Gasteiger partial charge on any atom is 0.392 e. The monoisotopic (exact) mass is 650 g/mol. The van der Waals surface area contributed by atoms with Crippen LogP contribution in [0.1, 0.15) is 29.0 Å². The molecule has 2 aromatic heterocycles. The molecular weight excluding hydrogens is 625 g/mol. The molecule has 0 aliphatic heterocycles. The summed E-state index contributed by atoms with van der Waals surface area (Å²) in [6.07, 6.45) is -3.28. The van der Waals surface area contributed by atoms with Gasteiger partial charge >= 0.3 is 6.18 Å². The van der Waals surface area contributed by atoms with Crippen LogP contribution in [0, 0.1) is 17.2 Å². The zero-order chi connectivity index (χ0) is 32.8. The summed E-state index contributed by atoms with van der Waals surface area (Å²) in [5, 5.41) is 14.0. The van der Waals surface area contributed by atoms with Gasteiger partial charge in [-0.2, -0.15) is 18.4 Å². The summed E-state index contributed by atoms with van der Waals surface area (Å²) < 4.78 is 86.0. The molecule has 14 heteroatoms. The number of rotatable bonds is 9. The second-order valence-electron chi connectivity index (χ2n) is 10.7. The molecule has 1 aliphatic rings. The van der Waals surface area contributed by atoms with Crippen molar-refractivity contribution in [2.45, 2.75) is 30.0 Å². The van der Waals surface area contributed by atoms with E-state index >= 15 is 0 Å². The van der Waals surface area contributed by atoms with Gasteiger partial charge in [0.25, 0.3) is 15.6 Å². The number of hydrogen-bond acceptors (Lipinski definition) is 8. The summed E-state index contributed by atoms with van der Waals surface area (Å²) in [5.74, 6) is -1.70. The summed E-state index contributed by atoms with van der Waals surface area (Å²) in [4.78, 5) is 13.1. The van der Waals surface area contributed by atoms with Crippen molar-refractivity contribution in [3.8, 4) is 23.3 Å². The van der Waals surface area contributed by atoms with Gasteiger partial charge in [0.05, 0.1) is 54.4 Å². The normalized spacial score (nSPS) is 16.2. The van der Waals surface area contributed by atoms with E-state index < -0.39 is 33.6 Å². The first-order chi connectivity index (χ1) is 22.0. The van der Waals surface area contributed by atoms with E-state index in [4.69, 9.17) is 14.0 Å². The summed E-state index contributed by atoms with van der Waals surface area (Å²) in [7, 11) is -1.40. The number of anilines is 1. The predicted octanol–water partition coefficient (Wildman–Crippen LogP) is 5.93. The molecule has 1 saturated carbocycles. The Labute approximate surface area is 260 Å². The van der Waals surface area contributed by atoms with Gasteiger partial charge in [-0.1, -0.05) is 17.3 Å². The molecule has 0 bridgehead atoms.